The summed E-state index contributed by atoms with van der Waals surface area (Å²) in [6.45, 7) is 3.44. The summed E-state index contributed by atoms with van der Waals surface area (Å²) in [7, 11) is 0. The highest BCUT2D eigenvalue weighted by atomic mass is 35.5. The van der Waals surface area contributed by atoms with Gasteiger partial charge in [-0.05, 0) is 26.0 Å². The number of benzene rings is 1. The number of pyridine rings is 1. The van der Waals surface area contributed by atoms with Crippen molar-refractivity contribution in [3.05, 3.63) is 44.5 Å². The molecule has 0 bridgehead atoms. The topological polar surface area (TPSA) is 32.9 Å². The molecule has 0 aliphatic carbocycles. The third-order valence-corrected chi connectivity index (χ3v) is 2.85. The van der Waals surface area contributed by atoms with Gasteiger partial charge in [0, 0.05) is 16.6 Å². The summed E-state index contributed by atoms with van der Waals surface area (Å²) in [6, 6.07) is 2.93. The van der Waals surface area contributed by atoms with Gasteiger partial charge in [-0.15, -0.1) is 0 Å². The van der Waals surface area contributed by atoms with Gasteiger partial charge in [0.15, 0.2) is 11.2 Å². The zero-order valence-corrected chi connectivity index (χ0v) is 9.07. The first-order valence-corrected chi connectivity index (χ1v) is 4.87. The van der Waals surface area contributed by atoms with Crippen LogP contribution in [0.4, 0.5) is 4.39 Å². The van der Waals surface area contributed by atoms with Crippen molar-refractivity contribution in [1.29, 1.82) is 0 Å². The summed E-state index contributed by atoms with van der Waals surface area (Å²) < 4.78 is 13.6. The molecule has 0 amide bonds. The molecule has 2 rings (SSSR count). The summed E-state index contributed by atoms with van der Waals surface area (Å²) in [5.74, 6) is -0.575. The Balaban J connectivity index is 3.06. The number of aromatic amines is 1. The van der Waals surface area contributed by atoms with Crippen molar-refractivity contribution in [1.82, 2.24) is 4.98 Å². The van der Waals surface area contributed by atoms with Gasteiger partial charge in [-0.2, -0.15) is 0 Å². The Morgan fingerprint density at radius 2 is 2.00 bits per heavy atom. The minimum Gasteiger partial charge on any atom is -0.356 e. The van der Waals surface area contributed by atoms with Gasteiger partial charge in [-0.25, -0.2) is 4.39 Å². The molecule has 1 N–H and O–H groups in total. The van der Waals surface area contributed by atoms with E-state index in [0.29, 0.717) is 16.6 Å². The molecule has 0 spiro atoms. The van der Waals surface area contributed by atoms with Crippen molar-refractivity contribution in [2.45, 2.75) is 13.8 Å². The fraction of sp³-hybridized carbons (Fsp3) is 0.182. The number of hydrogen-bond acceptors (Lipinski definition) is 1. The quantitative estimate of drug-likeness (QED) is 0.735. The first kappa shape index (κ1) is 10.2. The van der Waals surface area contributed by atoms with Crippen LogP contribution in [0.1, 0.15) is 11.3 Å². The largest absolute Gasteiger partial charge is 0.356 e. The first-order valence-electron chi connectivity index (χ1n) is 4.49. The van der Waals surface area contributed by atoms with Crippen LogP contribution in [0.15, 0.2) is 16.9 Å². The number of hydrogen-bond donors (Lipinski definition) is 1. The van der Waals surface area contributed by atoms with E-state index in [1.165, 1.54) is 12.1 Å². The molecule has 2 aromatic rings. The third kappa shape index (κ3) is 1.43. The van der Waals surface area contributed by atoms with Crippen LogP contribution in [0.5, 0.6) is 0 Å². The van der Waals surface area contributed by atoms with E-state index in [1.54, 1.807) is 13.8 Å². The van der Waals surface area contributed by atoms with Crippen LogP contribution in [-0.2, 0) is 0 Å². The van der Waals surface area contributed by atoms with Crippen molar-refractivity contribution in [3.8, 4) is 0 Å². The molecule has 0 atom stereocenters. The molecule has 0 aliphatic heterocycles. The molecule has 0 saturated carbocycles. The molecule has 1 heterocycles. The molecule has 0 unspecified atom stereocenters. The molecule has 78 valence electrons. The van der Waals surface area contributed by atoms with E-state index in [-0.39, 0.29) is 16.0 Å². The van der Waals surface area contributed by atoms with Crippen LogP contribution < -0.4 is 5.43 Å². The predicted molar refractivity (Wildman–Crippen MR) is 59.0 cm³/mol. The Hall–Kier alpha value is -1.35. The van der Waals surface area contributed by atoms with E-state index in [9.17, 15) is 9.18 Å². The maximum absolute atomic E-state index is 13.6. The molecule has 1 aromatic carbocycles. The van der Waals surface area contributed by atoms with Crippen molar-refractivity contribution in [2.24, 2.45) is 0 Å². The average Bonchev–Trinajstić information content (AvgIpc) is 2.21. The third-order valence-electron chi connectivity index (χ3n) is 2.56. The molecule has 0 saturated heterocycles. The molecule has 1 aromatic heterocycles. The van der Waals surface area contributed by atoms with Gasteiger partial charge in [0.25, 0.3) is 0 Å². The Bertz CT molecular complexity index is 604. The maximum atomic E-state index is 13.6. The standard InChI is InChI=1S/C11H9ClFNO/c1-5-6(2)14-10-7(11(5)15)3-4-8(12)9(10)13/h3-4H,1-2H3,(H,14,15). The Morgan fingerprint density at radius 1 is 1.33 bits per heavy atom. The molecule has 0 fully saturated rings. The van der Waals surface area contributed by atoms with Crippen LogP contribution >= 0.6 is 11.6 Å². The number of fused-ring (bicyclic) bond motifs is 1. The fourth-order valence-electron chi connectivity index (χ4n) is 1.52. The van der Waals surface area contributed by atoms with Crippen LogP contribution in [0, 0.1) is 19.7 Å². The summed E-state index contributed by atoms with van der Waals surface area (Å²) in [5, 5.41) is 0.349. The SMILES string of the molecule is Cc1[nH]c2c(F)c(Cl)ccc2c(=O)c1C. The normalized spacial score (nSPS) is 10.9. The predicted octanol–water partition coefficient (Wildman–Crippen LogP) is 2.94. The summed E-state index contributed by atoms with van der Waals surface area (Å²) >= 11 is 5.64. The van der Waals surface area contributed by atoms with Crippen molar-refractivity contribution in [2.75, 3.05) is 0 Å². The van der Waals surface area contributed by atoms with Gasteiger partial charge in [-0.3, -0.25) is 4.79 Å². The molecule has 4 heteroatoms. The van der Waals surface area contributed by atoms with Crippen LogP contribution in [-0.4, -0.2) is 4.98 Å². The fourth-order valence-corrected chi connectivity index (χ4v) is 1.67. The van der Waals surface area contributed by atoms with E-state index < -0.39 is 5.82 Å². The number of rotatable bonds is 0. The zero-order valence-electron chi connectivity index (χ0n) is 8.32. The Labute approximate surface area is 90.7 Å². The van der Waals surface area contributed by atoms with E-state index in [1.807, 2.05) is 0 Å². The number of aryl methyl sites for hydroxylation is 1. The molecule has 0 radical (unpaired) electrons. The van der Waals surface area contributed by atoms with Gasteiger partial charge < -0.3 is 4.98 Å². The maximum Gasteiger partial charge on any atom is 0.192 e. The minimum atomic E-state index is -0.575. The van der Waals surface area contributed by atoms with Crippen LogP contribution in [0.25, 0.3) is 10.9 Å². The Kier molecular flexibility index (Phi) is 2.27. The smallest absolute Gasteiger partial charge is 0.192 e. The van der Waals surface area contributed by atoms with E-state index >= 15 is 0 Å². The lowest BCUT2D eigenvalue weighted by Crippen LogP contribution is -2.10. The van der Waals surface area contributed by atoms with Gasteiger partial charge in [0.2, 0.25) is 0 Å². The minimum absolute atomic E-state index is 0.0152. The molecular formula is C11H9ClFNO. The molecule has 15 heavy (non-hydrogen) atoms. The highest BCUT2D eigenvalue weighted by molar-refractivity contribution is 6.31. The van der Waals surface area contributed by atoms with E-state index in [4.69, 9.17) is 11.6 Å². The summed E-state index contributed by atoms with van der Waals surface area (Å²) in [6.07, 6.45) is 0. The van der Waals surface area contributed by atoms with Crippen molar-refractivity contribution in [3.63, 3.8) is 0 Å². The van der Waals surface area contributed by atoms with Crippen molar-refractivity contribution >= 4 is 22.5 Å². The Morgan fingerprint density at radius 3 is 2.67 bits per heavy atom. The van der Waals surface area contributed by atoms with Crippen LogP contribution in [0.3, 0.4) is 0 Å². The van der Waals surface area contributed by atoms with E-state index in [2.05, 4.69) is 4.98 Å². The lowest BCUT2D eigenvalue weighted by Gasteiger charge is -2.05. The number of H-pyrrole nitrogens is 1. The van der Waals surface area contributed by atoms with Gasteiger partial charge in [-0.1, -0.05) is 11.6 Å². The first-order chi connectivity index (χ1) is 7.02. The molecule has 2 nitrogen and oxygen atoms in total. The van der Waals surface area contributed by atoms with E-state index in [0.717, 1.165) is 0 Å². The lowest BCUT2D eigenvalue weighted by atomic mass is 10.1. The highest BCUT2D eigenvalue weighted by Gasteiger charge is 2.11. The van der Waals surface area contributed by atoms with Gasteiger partial charge >= 0.3 is 0 Å². The molecular weight excluding hydrogens is 217 g/mol. The van der Waals surface area contributed by atoms with Gasteiger partial charge in [0.1, 0.15) is 0 Å². The zero-order chi connectivity index (χ0) is 11.2. The lowest BCUT2D eigenvalue weighted by molar-refractivity contribution is 0.636. The van der Waals surface area contributed by atoms with Crippen molar-refractivity contribution < 1.29 is 4.39 Å². The number of nitrogens with one attached hydrogen (secondary N) is 1. The molecule has 0 aliphatic rings. The summed E-state index contributed by atoms with van der Waals surface area (Å²) in [5.41, 5.74) is 1.28. The average molecular weight is 226 g/mol. The second kappa shape index (κ2) is 3.35. The second-order valence-corrected chi connectivity index (χ2v) is 3.90. The second-order valence-electron chi connectivity index (χ2n) is 3.49. The van der Waals surface area contributed by atoms with Crippen LogP contribution in [0.2, 0.25) is 5.02 Å². The van der Waals surface area contributed by atoms with Gasteiger partial charge in [0.05, 0.1) is 10.5 Å². The summed E-state index contributed by atoms with van der Waals surface area (Å²) in [4.78, 5) is 14.6. The number of aromatic nitrogens is 1. The highest BCUT2D eigenvalue weighted by Crippen LogP contribution is 2.21. The number of halogens is 2. The monoisotopic (exact) mass is 225 g/mol.